The summed E-state index contributed by atoms with van der Waals surface area (Å²) in [4.78, 5) is 11.8. The summed E-state index contributed by atoms with van der Waals surface area (Å²) in [5.74, 6) is -0.320. The van der Waals surface area contributed by atoms with Gasteiger partial charge >= 0.3 is 5.97 Å². The van der Waals surface area contributed by atoms with Crippen LogP contribution in [0, 0.1) is 0 Å². The van der Waals surface area contributed by atoms with E-state index in [-0.39, 0.29) is 12.1 Å². The third-order valence-corrected chi connectivity index (χ3v) is 2.96. The average molecular weight is 285 g/mol. The molecule has 0 aliphatic rings. The SMILES string of the molecule is CCOCCCCC(C)OC(=O)c1cccc(Cl)c1. The normalized spacial score (nSPS) is 12.2. The van der Waals surface area contributed by atoms with Crippen LogP contribution in [-0.4, -0.2) is 25.3 Å². The first-order valence-electron chi connectivity index (χ1n) is 6.67. The van der Waals surface area contributed by atoms with E-state index in [0.717, 1.165) is 32.5 Å². The van der Waals surface area contributed by atoms with Gasteiger partial charge in [-0.3, -0.25) is 0 Å². The van der Waals surface area contributed by atoms with E-state index in [2.05, 4.69) is 0 Å². The van der Waals surface area contributed by atoms with E-state index in [4.69, 9.17) is 21.1 Å². The second kappa shape index (κ2) is 8.94. The summed E-state index contributed by atoms with van der Waals surface area (Å²) < 4.78 is 10.6. The Kier molecular flexibility index (Phi) is 7.53. The topological polar surface area (TPSA) is 35.5 Å². The lowest BCUT2D eigenvalue weighted by atomic mass is 10.1. The number of rotatable bonds is 8. The van der Waals surface area contributed by atoms with E-state index in [9.17, 15) is 4.79 Å². The van der Waals surface area contributed by atoms with Gasteiger partial charge in [0, 0.05) is 18.2 Å². The molecule has 4 heteroatoms. The Balaban J connectivity index is 2.28. The minimum Gasteiger partial charge on any atom is -0.459 e. The van der Waals surface area contributed by atoms with Gasteiger partial charge in [-0.1, -0.05) is 17.7 Å². The molecule has 1 rings (SSSR count). The lowest BCUT2D eigenvalue weighted by Gasteiger charge is -2.13. The molecule has 0 N–H and O–H groups in total. The van der Waals surface area contributed by atoms with Crippen molar-refractivity contribution in [2.75, 3.05) is 13.2 Å². The second-order valence-electron chi connectivity index (χ2n) is 4.42. The quantitative estimate of drug-likeness (QED) is 0.533. The molecule has 1 aromatic carbocycles. The summed E-state index contributed by atoms with van der Waals surface area (Å²) in [6, 6.07) is 6.79. The first kappa shape index (κ1) is 16.0. The summed E-state index contributed by atoms with van der Waals surface area (Å²) >= 11 is 5.84. The van der Waals surface area contributed by atoms with Crippen molar-refractivity contribution in [3.05, 3.63) is 34.9 Å². The number of hydrogen-bond donors (Lipinski definition) is 0. The van der Waals surface area contributed by atoms with Crippen molar-refractivity contribution >= 4 is 17.6 Å². The van der Waals surface area contributed by atoms with Crippen LogP contribution in [0.25, 0.3) is 0 Å². The first-order chi connectivity index (χ1) is 9.13. The lowest BCUT2D eigenvalue weighted by Crippen LogP contribution is -2.15. The molecule has 19 heavy (non-hydrogen) atoms. The Labute approximate surface area is 119 Å². The average Bonchev–Trinajstić information content (AvgIpc) is 2.38. The van der Waals surface area contributed by atoms with Crippen LogP contribution < -0.4 is 0 Å². The number of halogens is 1. The van der Waals surface area contributed by atoms with Gasteiger partial charge in [-0.15, -0.1) is 0 Å². The van der Waals surface area contributed by atoms with E-state index in [1.54, 1.807) is 24.3 Å². The van der Waals surface area contributed by atoms with Crippen molar-refractivity contribution in [1.29, 1.82) is 0 Å². The van der Waals surface area contributed by atoms with Gasteiger partial charge in [0.2, 0.25) is 0 Å². The second-order valence-corrected chi connectivity index (χ2v) is 4.86. The number of esters is 1. The fraction of sp³-hybridized carbons (Fsp3) is 0.533. The molecule has 1 unspecified atom stereocenters. The zero-order valence-electron chi connectivity index (χ0n) is 11.5. The molecule has 0 heterocycles. The lowest BCUT2D eigenvalue weighted by molar-refractivity contribution is 0.0314. The smallest absolute Gasteiger partial charge is 0.338 e. The predicted molar refractivity (Wildman–Crippen MR) is 76.7 cm³/mol. The van der Waals surface area contributed by atoms with Crippen LogP contribution in [0.1, 0.15) is 43.5 Å². The van der Waals surface area contributed by atoms with E-state index in [1.165, 1.54) is 0 Å². The molecule has 0 aromatic heterocycles. The number of carbonyl (C=O) groups excluding carboxylic acids is 1. The number of hydrogen-bond acceptors (Lipinski definition) is 3. The molecule has 0 bridgehead atoms. The van der Waals surface area contributed by atoms with Gasteiger partial charge in [0.1, 0.15) is 0 Å². The molecule has 0 saturated heterocycles. The van der Waals surface area contributed by atoms with Crippen LogP contribution in [0.4, 0.5) is 0 Å². The van der Waals surface area contributed by atoms with E-state index >= 15 is 0 Å². The maximum Gasteiger partial charge on any atom is 0.338 e. The summed E-state index contributed by atoms with van der Waals surface area (Å²) in [5, 5.41) is 0.541. The molecule has 0 amide bonds. The monoisotopic (exact) mass is 284 g/mol. The third kappa shape index (κ3) is 6.60. The van der Waals surface area contributed by atoms with Crippen molar-refractivity contribution in [3.63, 3.8) is 0 Å². The van der Waals surface area contributed by atoms with E-state index < -0.39 is 0 Å². The minimum absolute atomic E-state index is 0.0897. The van der Waals surface area contributed by atoms with Gasteiger partial charge in [-0.25, -0.2) is 4.79 Å². The molecular weight excluding hydrogens is 264 g/mol. The largest absolute Gasteiger partial charge is 0.459 e. The number of benzene rings is 1. The Bertz CT molecular complexity index is 393. The van der Waals surface area contributed by atoms with Crippen molar-refractivity contribution in [2.24, 2.45) is 0 Å². The van der Waals surface area contributed by atoms with Gasteiger partial charge < -0.3 is 9.47 Å². The van der Waals surface area contributed by atoms with Crippen LogP contribution in [0.2, 0.25) is 5.02 Å². The number of ether oxygens (including phenoxy) is 2. The zero-order chi connectivity index (χ0) is 14.1. The van der Waals surface area contributed by atoms with Crippen molar-refractivity contribution in [1.82, 2.24) is 0 Å². The Morgan fingerprint density at radius 2 is 2.16 bits per heavy atom. The summed E-state index contributed by atoms with van der Waals surface area (Å²) in [7, 11) is 0. The summed E-state index contributed by atoms with van der Waals surface area (Å²) in [6.45, 7) is 5.41. The molecule has 0 radical (unpaired) electrons. The van der Waals surface area contributed by atoms with Crippen molar-refractivity contribution in [3.8, 4) is 0 Å². The van der Waals surface area contributed by atoms with Gasteiger partial charge in [0.05, 0.1) is 11.7 Å². The van der Waals surface area contributed by atoms with Crippen LogP contribution >= 0.6 is 11.6 Å². The highest BCUT2D eigenvalue weighted by Gasteiger charge is 2.11. The van der Waals surface area contributed by atoms with Crippen LogP contribution in [0.15, 0.2) is 24.3 Å². The highest BCUT2D eigenvalue weighted by molar-refractivity contribution is 6.30. The fourth-order valence-electron chi connectivity index (χ4n) is 1.71. The predicted octanol–water partition coefficient (Wildman–Crippen LogP) is 4.09. The van der Waals surface area contributed by atoms with Crippen molar-refractivity contribution < 1.29 is 14.3 Å². The van der Waals surface area contributed by atoms with E-state index in [1.807, 2.05) is 13.8 Å². The van der Waals surface area contributed by atoms with Gasteiger partial charge in [-0.2, -0.15) is 0 Å². The molecule has 0 spiro atoms. The number of unbranched alkanes of at least 4 members (excludes halogenated alkanes) is 1. The maximum atomic E-state index is 11.8. The molecule has 0 fully saturated rings. The Morgan fingerprint density at radius 3 is 2.84 bits per heavy atom. The minimum atomic E-state index is -0.320. The molecule has 106 valence electrons. The Morgan fingerprint density at radius 1 is 1.37 bits per heavy atom. The Hall–Kier alpha value is -1.06. The molecule has 1 atom stereocenters. The fourth-order valence-corrected chi connectivity index (χ4v) is 1.90. The van der Waals surface area contributed by atoms with Gasteiger partial charge in [0.25, 0.3) is 0 Å². The molecule has 0 aliphatic carbocycles. The molecule has 3 nitrogen and oxygen atoms in total. The van der Waals surface area contributed by atoms with Gasteiger partial charge in [0.15, 0.2) is 0 Å². The molecule has 0 aliphatic heterocycles. The zero-order valence-corrected chi connectivity index (χ0v) is 12.3. The van der Waals surface area contributed by atoms with Gasteiger partial charge in [-0.05, 0) is 51.3 Å². The highest BCUT2D eigenvalue weighted by Crippen LogP contribution is 2.13. The molecule has 0 saturated carbocycles. The third-order valence-electron chi connectivity index (χ3n) is 2.72. The van der Waals surface area contributed by atoms with E-state index in [0.29, 0.717) is 10.6 Å². The van der Waals surface area contributed by atoms with Crippen LogP contribution in [0.5, 0.6) is 0 Å². The van der Waals surface area contributed by atoms with Crippen LogP contribution in [-0.2, 0) is 9.47 Å². The summed E-state index contributed by atoms with van der Waals surface area (Å²) in [5.41, 5.74) is 0.494. The van der Waals surface area contributed by atoms with Crippen molar-refractivity contribution in [2.45, 2.75) is 39.2 Å². The molecular formula is C15H21ClO3. The standard InChI is InChI=1S/C15H21ClO3/c1-3-18-10-5-4-7-12(2)19-15(17)13-8-6-9-14(16)11-13/h6,8-9,11-12H,3-5,7,10H2,1-2H3. The maximum absolute atomic E-state index is 11.8. The highest BCUT2D eigenvalue weighted by atomic mass is 35.5. The van der Waals surface area contributed by atoms with Crippen LogP contribution in [0.3, 0.4) is 0 Å². The first-order valence-corrected chi connectivity index (χ1v) is 7.05. The number of carbonyl (C=O) groups is 1. The summed E-state index contributed by atoms with van der Waals surface area (Å²) in [6.07, 6.45) is 2.74. The molecule has 1 aromatic rings.